The summed E-state index contributed by atoms with van der Waals surface area (Å²) < 4.78 is 70.8. The third-order valence-corrected chi connectivity index (χ3v) is 4.58. The van der Waals surface area contributed by atoms with Crippen LogP contribution in [0.3, 0.4) is 0 Å². The van der Waals surface area contributed by atoms with Crippen LogP contribution in [0.2, 0.25) is 0 Å². The van der Waals surface area contributed by atoms with E-state index in [1.54, 1.807) is 6.92 Å². The summed E-state index contributed by atoms with van der Waals surface area (Å²) in [7, 11) is -4.43. The fourth-order valence-corrected chi connectivity index (χ4v) is 3.14. The first-order valence-electron chi connectivity index (χ1n) is 7.19. The third kappa shape index (κ3) is 5.61. The molecule has 0 aromatic heterocycles. The summed E-state index contributed by atoms with van der Waals surface area (Å²) in [5, 5.41) is 0. The fraction of sp³-hybridized carbons (Fsp3) is 0.600. The van der Waals surface area contributed by atoms with Gasteiger partial charge in [-0.2, -0.15) is 21.6 Å². The van der Waals surface area contributed by atoms with Crippen LogP contribution in [-0.4, -0.2) is 19.1 Å². The van der Waals surface area contributed by atoms with Gasteiger partial charge in [-0.15, -0.1) is 0 Å². The van der Waals surface area contributed by atoms with Crippen LogP contribution in [0.4, 0.5) is 13.2 Å². The SMILES string of the molecule is CCCCC(CCc1cc(C)ccc1S(=O)(=O)O)C(F)(F)F. The van der Waals surface area contributed by atoms with E-state index >= 15 is 0 Å². The Morgan fingerprint density at radius 2 is 1.86 bits per heavy atom. The lowest BCUT2D eigenvalue weighted by Crippen LogP contribution is -2.23. The molecule has 1 atom stereocenters. The summed E-state index contributed by atoms with van der Waals surface area (Å²) in [4.78, 5) is -0.311. The van der Waals surface area contributed by atoms with Gasteiger partial charge in [0.05, 0.1) is 10.8 Å². The zero-order valence-electron chi connectivity index (χ0n) is 12.7. The van der Waals surface area contributed by atoms with E-state index in [4.69, 9.17) is 0 Å². The van der Waals surface area contributed by atoms with Crippen LogP contribution < -0.4 is 0 Å². The van der Waals surface area contributed by atoms with E-state index < -0.39 is 22.2 Å². The Hall–Kier alpha value is -1.08. The van der Waals surface area contributed by atoms with Crippen molar-refractivity contribution in [2.75, 3.05) is 0 Å². The van der Waals surface area contributed by atoms with Crippen molar-refractivity contribution in [3.05, 3.63) is 29.3 Å². The number of unbranched alkanes of at least 4 members (excludes halogenated alkanes) is 1. The Morgan fingerprint density at radius 3 is 2.36 bits per heavy atom. The molecule has 3 nitrogen and oxygen atoms in total. The fourth-order valence-electron chi connectivity index (χ4n) is 2.41. The van der Waals surface area contributed by atoms with Gasteiger partial charge in [0.1, 0.15) is 0 Å². The van der Waals surface area contributed by atoms with E-state index in [0.717, 1.165) is 5.56 Å². The van der Waals surface area contributed by atoms with Crippen LogP contribution >= 0.6 is 0 Å². The molecule has 0 spiro atoms. The van der Waals surface area contributed by atoms with Gasteiger partial charge < -0.3 is 0 Å². The summed E-state index contributed by atoms with van der Waals surface area (Å²) in [5.41, 5.74) is 0.966. The van der Waals surface area contributed by atoms with Gasteiger partial charge in [0, 0.05) is 0 Å². The first kappa shape index (κ1) is 19.0. The summed E-state index contributed by atoms with van der Waals surface area (Å²) in [6.07, 6.45) is -3.33. The molecule has 22 heavy (non-hydrogen) atoms. The van der Waals surface area contributed by atoms with E-state index in [0.29, 0.717) is 12.8 Å². The summed E-state index contributed by atoms with van der Waals surface area (Å²) in [5.74, 6) is -1.46. The predicted molar refractivity (Wildman–Crippen MR) is 78.4 cm³/mol. The highest BCUT2D eigenvalue weighted by Crippen LogP contribution is 2.34. The van der Waals surface area contributed by atoms with Crippen LogP contribution in [0.1, 0.15) is 43.7 Å². The topological polar surface area (TPSA) is 54.4 Å². The minimum absolute atomic E-state index is 0.0347. The van der Waals surface area contributed by atoms with Gasteiger partial charge in [-0.1, -0.05) is 37.5 Å². The molecule has 126 valence electrons. The van der Waals surface area contributed by atoms with E-state index in [-0.39, 0.29) is 29.7 Å². The van der Waals surface area contributed by atoms with E-state index in [1.807, 2.05) is 6.92 Å². The van der Waals surface area contributed by atoms with Gasteiger partial charge in [-0.05, 0) is 37.8 Å². The molecule has 0 aliphatic rings. The van der Waals surface area contributed by atoms with Crippen LogP contribution in [0.5, 0.6) is 0 Å². The summed E-state index contributed by atoms with van der Waals surface area (Å²) in [6.45, 7) is 3.54. The smallest absolute Gasteiger partial charge is 0.282 e. The lowest BCUT2D eigenvalue weighted by molar-refractivity contribution is -0.178. The van der Waals surface area contributed by atoms with Crippen molar-refractivity contribution in [1.29, 1.82) is 0 Å². The largest absolute Gasteiger partial charge is 0.391 e. The second-order valence-corrected chi connectivity index (χ2v) is 6.90. The number of alkyl halides is 3. The van der Waals surface area contributed by atoms with Gasteiger partial charge in [0.15, 0.2) is 0 Å². The molecule has 0 radical (unpaired) electrons. The third-order valence-electron chi connectivity index (χ3n) is 3.63. The highest BCUT2D eigenvalue weighted by molar-refractivity contribution is 7.85. The highest BCUT2D eigenvalue weighted by atomic mass is 32.2. The lowest BCUT2D eigenvalue weighted by Gasteiger charge is -2.20. The normalized spacial score (nSPS) is 14.1. The highest BCUT2D eigenvalue weighted by Gasteiger charge is 2.38. The standard InChI is InChI=1S/C15H21F3O3S/c1-3-4-5-13(15(16,17)18)8-7-12-10-11(2)6-9-14(12)22(19,20)21/h6,9-10,13H,3-5,7-8H2,1-2H3,(H,19,20,21). The number of aryl methyl sites for hydroxylation is 2. The van der Waals surface area contributed by atoms with Gasteiger partial charge in [-0.3, -0.25) is 4.55 Å². The molecule has 0 heterocycles. The maximum Gasteiger partial charge on any atom is 0.391 e. The van der Waals surface area contributed by atoms with Crippen molar-refractivity contribution in [1.82, 2.24) is 0 Å². The second kappa shape index (κ2) is 7.46. The van der Waals surface area contributed by atoms with Crippen LogP contribution in [-0.2, 0) is 16.5 Å². The van der Waals surface area contributed by atoms with Crippen molar-refractivity contribution >= 4 is 10.1 Å². The maximum atomic E-state index is 13.0. The van der Waals surface area contributed by atoms with Crippen molar-refractivity contribution in [2.45, 2.75) is 57.0 Å². The molecular weight excluding hydrogens is 317 g/mol. The molecule has 7 heteroatoms. The molecule has 1 unspecified atom stereocenters. The molecule has 0 aliphatic carbocycles. The lowest BCUT2D eigenvalue weighted by atomic mass is 9.93. The number of benzene rings is 1. The predicted octanol–water partition coefficient (Wildman–Crippen LogP) is 4.54. The van der Waals surface area contributed by atoms with E-state index in [1.165, 1.54) is 18.2 Å². The van der Waals surface area contributed by atoms with Gasteiger partial charge >= 0.3 is 6.18 Å². The van der Waals surface area contributed by atoms with Crippen molar-refractivity contribution in [2.24, 2.45) is 5.92 Å². The summed E-state index contributed by atoms with van der Waals surface area (Å²) in [6, 6.07) is 4.25. The first-order chi connectivity index (χ1) is 10.1. The van der Waals surface area contributed by atoms with Crippen LogP contribution in [0, 0.1) is 12.8 Å². The van der Waals surface area contributed by atoms with Crippen molar-refractivity contribution in [3.8, 4) is 0 Å². The molecule has 0 amide bonds. The van der Waals surface area contributed by atoms with E-state index in [2.05, 4.69) is 0 Å². The average molecular weight is 338 g/mol. The first-order valence-corrected chi connectivity index (χ1v) is 8.63. The zero-order chi connectivity index (χ0) is 17.0. The molecule has 0 aliphatic heterocycles. The Morgan fingerprint density at radius 1 is 1.23 bits per heavy atom. The van der Waals surface area contributed by atoms with Crippen molar-refractivity contribution in [3.63, 3.8) is 0 Å². The van der Waals surface area contributed by atoms with Gasteiger partial charge in [0.25, 0.3) is 10.1 Å². The average Bonchev–Trinajstić information content (AvgIpc) is 2.35. The Bertz CT molecular complexity index is 595. The van der Waals surface area contributed by atoms with Crippen LogP contribution in [0.25, 0.3) is 0 Å². The van der Waals surface area contributed by atoms with Crippen LogP contribution in [0.15, 0.2) is 23.1 Å². The molecule has 0 saturated carbocycles. The quantitative estimate of drug-likeness (QED) is 0.743. The molecule has 0 fully saturated rings. The van der Waals surface area contributed by atoms with E-state index in [9.17, 15) is 26.1 Å². The minimum atomic E-state index is -4.43. The number of hydrogen-bond donors (Lipinski definition) is 1. The molecule has 0 bridgehead atoms. The summed E-state index contributed by atoms with van der Waals surface area (Å²) >= 11 is 0. The molecule has 1 aromatic carbocycles. The Balaban J connectivity index is 2.96. The van der Waals surface area contributed by atoms with Gasteiger partial charge in [0.2, 0.25) is 0 Å². The molecule has 1 aromatic rings. The van der Waals surface area contributed by atoms with Gasteiger partial charge in [-0.25, -0.2) is 0 Å². The Labute approximate surface area is 129 Å². The monoisotopic (exact) mass is 338 g/mol. The molecule has 1 N–H and O–H groups in total. The number of halogens is 3. The zero-order valence-corrected chi connectivity index (χ0v) is 13.5. The molecular formula is C15H21F3O3S. The second-order valence-electron chi connectivity index (χ2n) is 5.51. The number of rotatable bonds is 7. The Kier molecular flexibility index (Phi) is 6.43. The number of hydrogen-bond acceptors (Lipinski definition) is 2. The maximum absolute atomic E-state index is 13.0. The molecule has 0 saturated heterocycles. The minimum Gasteiger partial charge on any atom is -0.282 e. The van der Waals surface area contributed by atoms with Crippen molar-refractivity contribution < 1.29 is 26.1 Å². The molecule has 1 rings (SSSR count).